The van der Waals surface area contributed by atoms with Gasteiger partial charge < -0.3 is 0 Å². The second-order valence-electron chi connectivity index (χ2n) is 10.3. The van der Waals surface area contributed by atoms with Gasteiger partial charge >= 0.3 is 0 Å². The van der Waals surface area contributed by atoms with Gasteiger partial charge in [-0.25, -0.2) is 0 Å². The first-order valence-electron chi connectivity index (χ1n) is 13.6. The van der Waals surface area contributed by atoms with Gasteiger partial charge in [-0.1, -0.05) is 91.0 Å². The first-order valence-corrected chi connectivity index (χ1v) is 15.3. The smallest absolute Gasteiger partial charge is 0.100 e. The zero-order chi connectivity index (χ0) is 28.2. The summed E-state index contributed by atoms with van der Waals surface area (Å²) in [4.78, 5) is 0. The van der Waals surface area contributed by atoms with E-state index in [2.05, 4.69) is 97.1 Å². The van der Waals surface area contributed by atoms with Gasteiger partial charge in [-0.05, 0) is 47.0 Å². The van der Waals surface area contributed by atoms with Crippen molar-refractivity contribution >= 4 is 63.0 Å². The summed E-state index contributed by atoms with van der Waals surface area (Å²) in [6.45, 7) is 0. The summed E-state index contributed by atoms with van der Waals surface area (Å²) in [5.41, 5.74) is 6.19. The molecule has 0 aliphatic heterocycles. The molecule has 0 saturated heterocycles. The van der Waals surface area contributed by atoms with E-state index in [1.807, 2.05) is 36.4 Å². The highest BCUT2D eigenvalue weighted by atomic mass is 32.1. The molecule has 0 aliphatic carbocycles. The van der Waals surface area contributed by atoms with E-state index in [0.717, 1.165) is 27.8 Å². The van der Waals surface area contributed by atoms with E-state index in [1.165, 1.54) is 40.3 Å². The van der Waals surface area contributed by atoms with Crippen molar-refractivity contribution in [3.05, 3.63) is 132 Å². The quantitative estimate of drug-likeness (QED) is 0.213. The third-order valence-corrected chi connectivity index (χ3v) is 10.3. The molecule has 0 aliphatic rings. The van der Waals surface area contributed by atoms with Crippen LogP contribution in [0.1, 0.15) is 11.1 Å². The fourth-order valence-electron chi connectivity index (χ4n) is 6.05. The van der Waals surface area contributed by atoms with Gasteiger partial charge in [-0.15, -0.1) is 22.7 Å². The van der Waals surface area contributed by atoms with Crippen LogP contribution in [-0.2, 0) is 0 Å². The maximum absolute atomic E-state index is 10.6. The number of thiophene rings is 2. The minimum absolute atomic E-state index is 0.518. The number of rotatable bonds is 3. The van der Waals surface area contributed by atoms with Crippen molar-refractivity contribution in [1.29, 1.82) is 10.5 Å². The maximum atomic E-state index is 10.6. The van der Waals surface area contributed by atoms with Crippen LogP contribution in [0.25, 0.3) is 73.7 Å². The summed E-state index contributed by atoms with van der Waals surface area (Å²) >= 11 is 3.52. The monoisotopic (exact) mass is 568 g/mol. The van der Waals surface area contributed by atoms with Crippen LogP contribution in [0.5, 0.6) is 0 Å². The molecule has 0 radical (unpaired) electrons. The number of nitrogens with zero attached hydrogens (tertiary/aromatic N) is 2. The number of hydrogen-bond acceptors (Lipinski definition) is 4. The van der Waals surface area contributed by atoms with Crippen LogP contribution in [0, 0.1) is 22.7 Å². The molecule has 2 aromatic heterocycles. The summed E-state index contributed by atoms with van der Waals surface area (Å²) in [5, 5.41) is 26.1. The molecule has 0 spiro atoms. The van der Waals surface area contributed by atoms with Crippen LogP contribution in [0.3, 0.4) is 0 Å². The summed E-state index contributed by atoms with van der Waals surface area (Å²) in [6, 6.07) is 46.7. The van der Waals surface area contributed by atoms with Crippen molar-refractivity contribution in [1.82, 2.24) is 0 Å². The number of benzene rings is 6. The molecule has 0 bridgehead atoms. The Morgan fingerprint density at radius 3 is 1.36 bits per heavy atom. The van der Waals surface area contributed by atoms with Crippen molar-refractivity contribution in [3.63, 3.8) is 0 Å². The molecule has 8 aromatic rings. The molecule has 2 nitrogen and oxygen atoms in total. The third kappa shape index (κ3) is 3.75. The molecule has 0 unspecified atom stereocenters. The lowest BCUT2D eigenvalue weighted by Crippen LogP contribution is -1.98. The lowest BCUT2D eigenvalue weighted by Gasteiger charge is -2.17. The minimum atomic E-state index is 0.518. The van der Waals surface area contributed by atoms with Gasteiger partial charge in [-0.2, -0.15) is 10.5 Å². The highest BCUT2D eigenvalue weighted by Crippen LogP contribution is 2.44. The largest absolute Gasteiger partial charge is 0.192 e. The van der Waals surface area contributed by atoms with Crippen molar-refractivity contribution in [2.45, 2.75) is 0 Å². The van der Waals surface area contributed by atoms with E-state index in [0.29, 0.717) is 16.7 Å². The fraction of sp³-hybridized carbons (Fsp3) is 0. The average Bonchev–Trinajstić information content (AvgIpc) is 3.61. The van der Waals surface area contributed by atoms with Gasteiger partial charge in [0, 0.05) is 57.0 Å². The van der Waals surface area contributed by atoms with Gasteiger partial charge in [0.05, 0.1) is 11.1 Å². The van der Waals surface area contributed by atoms with Crippen LogP contribution in [-0.4, -0.2) is 0 Å². The second kappa shape index (κ2) is 9.68. The first-order chi connectivity index (χ1) is 20.7. The topological polar surface area (TPSA) is 47.6 Å². The molecule has 0 saturated carbocycles. The molecular weight excluding hydrogens is 549 g/mol. The summed E-state index contributed by atoms with van der Waals surface area (Å²) < 4.78 is 4.84. The molecule has 2 heterocycles. The molecule has 8 rings (SSSR count). The maximum Gasteiger partial charge on any atom is 0.100 e. The lowest BCUT2D eigenvalue weighted by atomic mass is 9.84. The third-order valence-electron chi connectivity index (χ3n) is 7.99. The zero-order valence-electron chi connectivity index (χ0n) is 22.3. The predicted molar refractivity (Wildman–Crippen MR) is 178 cm³/mol. The molecule has 6 aromatic carbocycles. The molecule has 0 N–H and O–H groups in total. The van der Waals surface area contributed by atoms with E-state index < -0.39 is 0 Å². The van der Waals surface area contributed by atoms with Crippen molar-refractivity contribution in [2.24, 2.45) is 0 Å². The second-order valence-corrected chi connectivity index (χ2v) is 12.5. The SMILES string of the molecule is N#Cc1c(-c2ccc3c(c2)sc2ccccc23)cc(-c2ccc3c(c2)sc2ccccc23)c(C#N)c1-c1ccccc1. The predicted octanol–water partition coefficient (Wildman–Crippen LogP) is 11.2. The fourth-order valence-corrected chi connectivity index (χ4v) is 8.34. The Morgan fingerprint density at radius 2 is 0.857 bits per heavy atom. The van der Waals surface area contributed by atoms with Gasteiger partial charge in [0.1, 0.15) is 12.1 Å². The van der Waals surface area contributed by atoms with Crippen LogP contribution in [0.2, 0.25) is 0 Å². The van der Waals surface area contributed by atoms with Crippen LogP contribution in [0.15, 0.2) is 121 Å². The minimum Gasteiger partial charge on any atom is -0.192 e. The van der Waals surface area contributed by atoms with Crippen LogP contribution < -0.4 is 0 Å². The molecule has 0 amide bonds. The van der Waals surface area contributed by atoms with Crippen LogP contribution in [0.4, 0.5) is 0 Å². The van der Waals surface area contributed by atoms with E-state index in [1.54, 1.807) is 22.7 Å². The molecule has 42 heavy (non-hydrogen) atoms. The zero-order valence-corrected chi connectivity index (χ0v) is 23.9. The Labute approximate surface area is 250 Å². The van der Waals surface area contributed by atoms with E-state index in [-0.39, 0.29) is 0 Å². The Balaban J connectivity index is 1.43. The molecule has 0 fully saturated rings. The Morgan fingerprint density at radius 1 is 0.405 bits per heavy atom. The van der Waals surface area contributed by atoms with Gasteiger partial charge in [0.25, 0.3) is 0 Å². The molecular formula is C38H20N2S2. The van der Waals surface area contributed by atoms with Gasteiger partial charge in [0.15, 0.2) is 0 Å². The summed E-state index contributed by atoms with van der Waals surface area (Å²) in [5.74, 6) is 0. The van der Waals surface area contributed by atoms with Gasteiger partial charge in [-0.3, -0.25) is 0 Å². The Hall–Kier alpha value is -5.26. The Bertz CT molecular complexity index is 2280. The number of nitriles is 2. The van der Waals surface area contributed by atoms with Crippen LogP contribution >= 0.6 is 22.7 Å². The molecule has 194 valence electrons. The number of fused-ring (bicyclic) bond motifs is 6. The normalized spacial score (nSPS) is 11.3. The lowest BCUT2D eigenvalue weighted by molar-refractivity contribution is 1.43. The Kier molecular flexibility index (Phi) is 5.66. The van der Waals surface area contributed by atoms with E-state index in [4.69, 9.17) is 0 Å². The summed E-state index contributed by atoms with van der Waals surface area (Å²) in [6.07, 6.45) is 0. The standard InChI is InChI=1S/C38H20N2S2/c39-21-32-30(24-14-16-28-26-10-4-6-12-34(26)41-36(28)18-24)20-31(33(22-40)38(32)23-8-2-1-3-9-23)25-15-17-29-27-11-5-7-13-35(27)42-37(29)19-25/h1-20H. The first kappa shape index (κ1) is 24.5. The van der Waals surface area contributed by atoms with Gasteiger partial charge in [0.2, 0.25) is 0 Å². The molecule has 4 heteroatoms. The van der Waals surface area contributed by atoms with Crippen molar-refractivity contribution in [3.8, 4) is 45.5 Å². The van der Waals surface area contributed by atoms with E-state index >= 15 is 0 Å². The van der Waals surface area contributed by atoms with Crippen molar-refractivity contribution < 1.29 is 0 Å². The average molecular weight is 569 g/mol. The summed E-state index contributed by atoms with van der Waals surface area (Å²) in [7, 11) is 0. The van der Waals surface area contributed by atoms with Crippen molar-refractivity contribution in [2.75, 3.05) is 0 Å². The number of hydrogen-bond donors (Lipinski definition) is 0. The highest BCUT2D eigenvalue weighted by molar-refractivity contribution is 7.26. The molecule has 0 atom stereocenters. The van der Waals surface area contributed by atoms with E-state index in [9.17, 15) is 10.5 Å². The highest BCUT2D eigenvalue weighted by Gasteiger charge is 2.22.